The second kappa shape index (κ2) is 8.49. The molecule has 0 saturated heterocycles. The minimum Gasteiger partial charge on any atom is -0.243 e. The first-order chi connectivity index (χ1) is 14.3. The lowest BCUT2D eigenvalue weighted by atomic mass is 10.00. The molecule has 0 spiro atoms. The second-order valence-electron chi connectivity index (χ2n) is 6.74. The van der Waals surface area contributed by atoms with Gasteiger partial charge in [-0.15, -0.1) is 0 Å². The molecule has 1 heterocycles. The molecule has 1 aromatic heterocycles. The number of benzene rings is 3. The highest BCUT2D eigenvalue weighted by Crippen LogP contribution is 2.35. The molecular formula is C27H22N2. The maximum atomic E-state index is 5.14. The molecule has 0 aliphatic rings. The van der Waals surface area contributed by atoms with Gasteiger partial charge in [0.25, 0.3) is 0 Å². The average Bonchev–Trinajstić information content (AvgIpc) is 2.80. The van der Waals surface area contributed by atoms with Crippen LogP contribution >= 0.6 is 0 Å². The Bertz CT molecular complexity index is 1150. The van der Waals surface area contributed by atoms with Crippen LogP contribution in [0.15, 0.2) is 110 Å². The number of aromatic nitrogens is 2. The quantitative estimate of drug-likeness (QED) is 0.349. The molecule has 3 aromatic carbocycles. The molecule has 4 rings (SSSR count). The number of hydrogen-bond acceptors (Lipinski definition) is 2. The summed E-state index contributed by atoms with van der Waals surface area (Å²) in [6.45, 7) is 6.23. The van der Waals surface area contributed by atoms with Gasteiger partial charge < -0.3 is 0 Å². The summed E-state index contributed by atoms with van der Waals surface area (Å²) >= 11 is 0. The van der Waals surface area contributed by atoms with Crippen molar-refractivity contribution in [3.05, 3.63) is 115 Å². The largest absolute Gasteiger partial charge is 0.243 e. The van der Waals surface area contributed by atoms with E-state index in [0.717, 1.165) is 45.0 Å². The third kappa shape index (κ3) is 3.92. The zero-order valence-corrected chi connectivity index (χ0v) is 16.4. The van der Waals surface area contributed by atoms with E-state index < -0.39 is 0 Å². The average molecular weight is 374 g/mol. The van der Waals surface area contributed by atoms with Crippen LogP contribution < -0.4 is 0 Å². The van der Waals surface area contributed by atoms with Crippen LogP contribution in [0.25, 0.3) is 39.3 Å². The molecule has 0 aliphatic carbocycles. The van der Waals surface area contributed by atoms with Gasteiger partial charge in [-0.3, -0.25) is 0 Å². The van der Waals surface area contributed by atoms with E-state index in [2.05, 4.69) is 43.0 Å². The van der Waals surface area contributed by atoms with E-state index in [1.54, 1.807) is 0 Å². The number of hydrogen-bond donors (Lipinski definition) is 0. The van der Waals surface area contributed by atoms with Gasteiger partial charge in [0, 0.05) is 16.7 Å². The van der Waals surface area contributed by atoms with Crippen molar-refractivity contribution in [3.8, 4) is 33.8 Å². The molecule has 0 N–H and O–H groups in total. The fourth-order valence-electron chi connectivity index (χ4n) is 3.33. The Balaban J connectivity index is 2.05. The van der Waals surface area contributed by atoms with Gasteiger partial charge in [-0.05, 0) is 12.5 Å². The van der Waals surface area contributed by atoms with Gasteiger partial charge in [0.2, 0.25) is 0 Å². The van der Waals surface area contributed by atoms with E-state index in [0.29, 0.717) is 0 Å². The summed E-state index contributed by atoms with van der Waals surface area (Å²) in [5, 5.41) is 0. The molecule has 4 aromatic rings. The Morgan fingerprint density at radius 1 is 0.621 bits per heavy atom. The summed E-state index contributed by atoms with van der Waals surface area (Å²) in [6, 6.07) is 30.6. The zero-order chi connectivity index (χ0) is 20.1. The first-order valence-corrected chi connectivity index (χ1v) is 9.68. The third-order valence-electron chi connectivity index (χ3n) is 4.71. The molecule has 0 radical (unpaired) electrons. The van der Waals surface area contributed by atoms with E-state index in [9.17, 15) is 0 Å². The Labute approximate surface area is 171 Å². The zero-order valence-electron chi connectivity index (χ0n) is 16.4. The number of allylic oxidation sites excluding steroid dienone is 3. The normalized spacial score (nSPS) is 10.9. The molecule has 0 unspecified atom stereocenters. The minimum atomic E-state index is 0.799. The Morgan fingerprint density at radius 2 is 1.03 bits per heavy atom. The van der Waals surface area contributed by atoms with E-state index in [-0.39, 0.29) is 0 Å². The molecule has 0 bridgehead atoms. The second-order valence-corrected chi connectivity index (χ2v) is 6.74. The van der Waals surface area contributed by atoms with Crippen molar-refractivity contribution in [2.45, 2.75) is 6.92 Å². The molecule has 0 fully saturated rings. The summed E-state index contributed by atoms with van der Waals surface area (Å²) in [6.07, 6.45) is 3.96. The molecule has 0 saturated carbocycles. The third-order valence-corrected chi connectivity index (χ3v) is 4.71. The molecule has 2 heteroatoms. The molecule has 140 valence electrons. The van der Waals surface area contributed by atoms with Crippen molar-refractivity contribution >= 4 is 5.57 Å². The molecular weight excluding hydrogens is 352 g/mol. The molecule has 29 heavy (non-hydrogen) atoms. The first-order valence-electron chi connectivity index (χ1n) is 9.68. The highest BCUT2D eigenvalue weighted by Gasteiger charge is 2.18. The maximum Gasteiger partial charge on any atom is 0.0973 e. The summed E-state index contributed by atoms with van der Waals surface area (Å²) < 4.78 is 0. The fourth-order valence-corrected chi connectivity index (χ4v) is 3.33. The highest BCUT2D eigenvalue weighted by atomic mass is 14.9. The van der Waals surface area contributed by atoms with Gasteiger partial charge in [-0.2, -0.15) is 0 Å². The summed E-state index contributed by atoms with van der Waals surface area (Å²) in [5.74, 6) is 0. The predicted octanol–water partition coefficient (Wildman–Crippen LogP) is 7.07. The van der Waals surface area contributed by atoms with Crippen LogP contribution in [0.4, 0.5) is 0 Å². The predicted molar refractivity (Wildman–Crippen MR) is 122 cm³/mol. The molecule has 0 aliphatic heterocycles. The number of rotatable bonds is 5. The van der Waals surface area contributed by atoms with E-state index in [1.807, 2.05) is 73.7 Å². The van der Waals surface area contributed by atoms with Crippen LogP contribution in [0.1, 0.15) is 12.6 Å². The van der Waals surface area contributed by atoms with Crippen LogP contribution in [-0.4, -0.2) is 9.97 Å². The standard InChI is InChI=1S/C27H22N2/c1-3-13-20(2)24-25(21-14-7-4-8-15-21)29-27(23-18-11-6-12-19-23)26(28-24)22-16-9-5-10-17-22/h3-19H,2H2,1H3/b13-3-. The maximum absolute atomic E-state index is 5.14. The van der Waals surface area contributed by atoms with Crippen LogP contribution in [-0.2, 0) is 0 Å². The first kappa shape index (κ1) is 18.6. The van der Waals surface area contributed by atoms with Crippen molar-refractivity contribution in [1.82, 2.24) is 9.97 Å². The van der Waals surface area contributed by atoms with Gasteiger partial charge in [-0.1, -0.05) is 110 Å². The van der Waals surface area contributed by atoms with Gasteiger partial charge in [-0.25, -0.2) is 9.97 Å². The summed E-state index contributed by atoms with van der Waals surface area (Å²) in [5.41, 5.74) is 7.31. The molecule has 2 nitrogen and oxygen atoms in total. The van der Waals surface area contributed by atoms with Crippen molar-refractivity contribution in [2.24, 2.45) is 0 Å². The lowest BCUT2D eigenvalue weighted by Crippen LogP contribution is -2.02. The summed E-state index contributed by atoms with van der Waals surface area (Å²) in [4.78, 5) is 10.2. The smallest absolute Gasteiger partial charge is 0.0973 e. The van der Waals surface area contributed by atoms with Crippen LogP contribution in [0, 0.1) is 0 Å². The van der Waals surface area contributed by atoms with Gasteiger partial charge >= 0.3 is 0 Å². The summed E-state index contributed by atoms with van der Waals surface area (Å²) in [7, 11) is 0. The highest BCUT2D eigenvalue weighted by molar-refractivity contribution is 5.86. The van der Waals surface area contributed by atoms with E-state index in [4.69, 9.17) is 9.97 Å². The van der Waals surface area contributed by atoms with Crippen LogP contribution in [0.2, 0.25) is 0 Å². The Morgan fingerprint density at radius 3 is 1.48 bits per heavy atom. The van der Waals surface area contributed by atoms with Gasteiger partial charge in [0.1, 0.15) is 0 Å². The van der Waals surface area contributed by atoms with E-state index in [1.165, 1.54) is 0 Å². The Kier molecular flexibility index (Phi) is 5.44. The molecule has 0 amide bonds. The van der Waals surface area contributed by atoms with Crippen molar-refractivity contribution < 1.29 is 0 Å². The van der Waals surface area contributed by atoms with Crippen molar-refractivity contribution in [3.63, 3.8) is 0 Å². The lowest BCUT2D eigenvalue weighted by molar-refractivity contribution is 1.18. The van der Waals surface area contributed by atoms with Crippen LogP contribution in [0.3, 0.4) is 0 Å². The minimum absolute atomic E-state index is 0.799. The topological polar surface area (TPSA) is 25.8 Å². The molecule has 0 atom stereocenters. The van der Waals surface area contributed by atoms with Gasteiger partial charge in [0.05, 0.1) is 22.8 Å². The fraction of sp³-hybridized carbons (Fsp3) is 0.0370. The SMILES string of the molecule is C=C(/C=C\C)c1nc(-c2ccccc2)c(-c2ccccc2)nc1-c1ccccc1. The monoisotopic (exact) mass is 374 g/mol. The van der Waals surface area contributed by atoms with Crippen LogP contribution in [0.5, 0.6) is 0 Å². The van der Waals surface area contributed by atoms with Crippen molar-refractivity contribution in [1.29, 1.82) is 0 Å². The Hall–Kier alpha value is -3.78. The number of nitrogens with zero attached hydrogens (tertiary/aromatic N) is 2. The van der Waals surface area contributed by atoms with Crippen molar-refractivity contribution in [2.75, 3.05) is 0 Å². The lowest BCUT2D eigenvalue weighted by Gasteiger charge is -2.16. The van der Waals surface area contributed by atoms with E-state index >= 15 is 0 Å². The van der Waals surface area contributed by atoms with Gasteiger partial charge in [0.15, 0.2) is 0 Å².